The number of aliphatic hydroxyl groups is 2. The highest BCUT2D eigenvalue weighted by atomic mass is 19.1. The second-order valence-electron chi connectivity index (χ2n) is 5.35. The fourth-order valence-electron chi connectivity index (χ4n) is 2.79. The van der Waals surface area contributed by atoms with Crippen LogP contribution in [-0.2, 0) is 11.3 Å². The number of benzene rings is 1. The maximum absolute atomic E-state index is 14.1. The summed E-state index contributed by atoms with van der Waals surface area (Å²) >= 11 is 0. The summed E-state index contributed by atoms with van der Waals surface area (Å²) in [6.45, 7) is 1.56. The van der Waals surface area contributed by atoms with Gasteiger partial charge in [-0.2, -0.15) is 0 Å². The summed E-state index contributed by atoms with van der Waals surface area (Å²) in [6.07, 6.45) is -2.75. The topological polar surface area (TPSA) is 72.8 Å². The molecule has 1 aromatic carbocycles. The van der Waals surface area contributed by atoms with Gasteiger partial charge in [0, 0.05) is 20.0 Å². The molecule has 1 fully saturated rings. The molecule has 1 heterocycles. The van der Waals surface area contributed by atoms with Gasteiger partial charge in [0.1, 0.15) is 12.3 Å². The molecule has 0 aromatic heterocycles. The molecule has 5 nitrogen and oxygen atoms in total. The molecule has 6 heteroatoms. The molecule has 1 aliphatic rings. The van der Waals surface area contributed by atoms with Crippen LogP contribution in [0.3, 0.4) is 0 Å². The molecule has 1 saturated heterocycles. The minimum Gasteiger partial charge on any atom is -0.395 e. The number of rotatable bonds is 5. The molecular formula is C15H21FN2O3. The highest BCUT2D eigenvalue weighted by molar-refractivity contribution is 5.72. The summed E-state index contributed by atoms with van der Waals surface area (Å²) in [5, 5.41) is 22.1. The molecule has 0 aliphatic carbocycles. The summed E-state index contributed by atoms with van der Waals surface area (Å²) < 4.78 is 14.1. The van der Waals surface area contributed by atoms with Crippen molar-refractivity contribution in [3.8, 4) is 0 Å². The molecule has 0 spiro atoms. The molecular weight excluding hydrogens is 275 g/mol. The van der Waals surface area contributed by atoms with Gasteiger partial charge < -0.3 is 15.5 Å². The van der Waals surface area contributed by atoms with Crippen LogP contribution in [0.5, 0.6) is 0 Å². The van der Waals surface area contributed by atoms with E-state index in [-0.39, 0.29) is 19.1 Å². The lowest BCUT2D eigenvalue weighted by Gasteiger charge is -2.29. The van der Waals surface area contributed by atoms with E-state index in [9.17, 15) is 19.4 Å². The van der Waals surface area contributed by atoms with E-state index in [0.29, 0.717) is 6.54 Å². The number of nitrogens with one attached hydrogen (secondary N) is 1. The third-order valence-electron chi connectivity index (χ3n) is 3.90. The Balaban J connectivity index is 2.16. The Morgan fingerprint density at radius 1 is 1.33 bits per heavy atom. The summed E-state index contributed by atoms with van der Waals surface area (Å²) in [4.78, 5) is 12.8. The fourth-order valence-corrected chi connectivity index (χ4v) is 2.79. The Bertz CT molecular complexity index is 471. The van der Waals surface area contributed by atoms with Crippen LogP contribution in [0.1, 0.15) is 12.5 Å². The maximum Gasteiger partial charge on any atom is 0.216 e. The molecule has 0 bridgehead atoms. The zero-order valence-corrected chi connectivity index (χ0v) is 11.9. The monoisotopic (exact) mass is 296 g/mol. The lowest BCUT2D eigenvalue weighted by Crippen LogP contribution is -2.46. The van der Waals surface area contributed by atoms with Gasteiger partial charge in [0.25, 0.3) is 0 Å². The molecule has 21 heavy (non-hydrogen) atoms. The number of hydrogen-bond donors (Lipinski definition) is 3. The van der Waals surface area contributed by atoms with Gasteiger partial charge in [-0.05, 0) is 5.56 Å². The smallest absolute Gasteiger partial charge is 0.216 e. The highest BCUT2D eigenvalue weighted by Crippen LogP contribution is 2.29. The minimum atomic E-state index is -1.53. The van der Waals surface area contributed by atoms with Crippen LogP contribution in [-0.4, -0.2) is 58.5 Å². The Morgan fingerprint density at radius 2 is 2.00 bits per heavy atom. The molecule has 0 unspecified atom stereocenters. The number of alkyl halides is 1. The zero-order valence-electron chi connectivity index (χ0n) is 11.9. The van der Waals surface area contributed by atoms with Gasteiger partial charge in [0.2, 0.25) is 5.91 Å². The number of carbonyl (C=O) groups is 1. The first kappa shape index (κ1) is 15.9. The standard InChI is InChI=1S/C15H21FN2O3/c1-10(20)17-7-12-15(21)14(16)13(9-19)18(12)8-11-5-3-2-4-6-11/h2-6,12-15,19,21H,7-9H2,1H3,(H,17,20)/t12-,13-,14+,15-/m1/s1. The number of hydrogen-bond acceptors (Lipinski definition) is 4. The lowest BCUT2D eigenvalue weighted by atomic mass is 10.1. The lowest BCUT2D eigenvalue weighted by molar-refractivity contribution is -0.119. The van der Waals surface area contributed by atoms with Crippen LogP contribution in [0.2, 0.25) is 0 Å². The fraction of sp³-hybridized carbons (Fsp3) is 0.533. The number of likely N-dealkylation sites (tertiary alicyclic amines) is 1. The van der Waals surface area contributed by atoms with Gasteiger partial charge in [0.15, 0.2) is 0 Å². The van der Waals surface area contributed by atoms with Crippen molar-refractivity contribution >= 4 is 5.91 Å². The molecule has 1 aliphatic heterocycles. The molecule has 2 rings (SSSR count). The van der Waals surface area contributed by atoms with E-state index < -0.39 is 24.4 Å². The van der Waals surface area contributed by atoms with Crippen LogP contribution in [0.4, 0.5) is 4.39 Å². The van der Waals surface area contributed by atoms with E-state index in [1.54, 1.807) is 4.90 Å². The van der Waals surface area contributed by atoms with Crippen LogP contribution >= 0.6 is 0 Å². The average Bonchev–Trinajstić information content (AvgIpc) is 2.69. The number of amides is 1. The van der Waals surface area contributed by atoms with Crippen molar-refractivity contribution in [2.45, 2.75) is 37.8 Å². The van der Waals surface area contributed by atoms with Gasteiger partial charge in [-0.25, -0.2) is 4.39 Å². The van der Waals surface area contributed by atoms with E-state index in [4.69, 9.17) is 0 Å². The minimum absolute atomic E-state index is 0.153. The van der Waals surface area contributed by atoms with Crippen molar-refractivity contribution in [1.29, 1.82) is 0 Å². The number of carbonyl (C=O) groups excluding carboxylic acids is 1. The normalized spacial score (nSPS) is 29.5. The number of aliphatic hydroxyl groups excluding tert-OH is 2. The third kappa shape index (κ3) is 3.58. The first-order valence-corrected chi connectivity index (χ1v) is 7.01. The highest BCUT2D eigenvalue weighted by Gasteiger charge is 2.48. The Labute approximate surface area is 123 Å². The zero-order chi connectivity index (χ0) is 15.4. The van der Waals surface area contributed by atoms with Gasteiger partial charge in [0.05, 0.1) is 18.7 Å². The van der Waals surface area contributed by atoms with E-state index >= 15 is 0 Å². The van der Waals surface area contributed by atoms with Crippen LogP contribution in [0.15, 0.2) is 30.3 Å². The SMILES string of the molecule is CC(=O)NC[C@@H]1[C@@H](O)[C@@H](F)[C@@H](CO)N1Cc1ccccc1. The molecule has 0 radical (unpaired) electrons. The molecule has 4 atom stereocenters. The van der Waals surface area contributed by atoms with Crippen LogP contribution < -0.4 is 5.32 Å². The molecule has 0 saturated carbocycles. The van der Waals surface area contributed by atoms with E-state index in [0.717, 1.165) is 5.56 Å². The number of halogens is 1. The molecule has 1 aromatic rings. The summed E-state index contributed by atoms with van der Waals surface area (Å²) in [5.41, 5.74) is 0.963. The molecule has 1 amide bonds. The Morgan fingerprint density at radius 3 is 2.57 bits per heavy atom. The maximum atomic E-state index is 14.1. The van der Waals surface area contributed by atoms with Crippen molar-refractivity contribution in [1.82, 2.24) is 10.2 Å². The van der Waals surface area contributed by atoms with Crippen LogP contribution in [0, 0.1) is 0 Å². The first-order chi connectivity index (χ1) is 10.0. The van der Waals surface area contributed by atoms with Crippen molar-refractivity contribution in [2.24, 2.45) is 0 Å². The van der Waals surface area contributed by atoms with Crippen molar-refractivity contribution in [3.63, 3.8) is 0 Å². The molecule has 3 N–H and O–H groups in total. The second kappa shape index (κ2) is 6.98. The van der Waals surface area contributed by atoms with Crippen molar-refractivity contribution < 1.29 is 19.4 Å². The summed E-state index contributed by atoms with van der Waals surface area (Å²) in [7, 11) is 0. The van der Waals surface area contributed by atoms with Crippen molar-refractivity contribution in [2.75, 3.05) is 13.2 Å². The first-order valence-electron chi connectivity index (χ1n) is 7.01. The van der Waals surface area contributed by atoms with Crippen LogP contribution in [0.25, 0.3) is 0 Å². The van der Waals surface area contributed by atoms with Crippen molar-refractivity contribution in [3.05, 3.63) is 35.9 Å². The predicted octanol–water partition coefficient (Wildman–Crippen LogP) is 0.0668. The summed E-state index contributed by atoms with van der Waals surface area (Å²) in [6, 6.07) is 8.14. The second-order valence-corrected chi connectivity index (χ2v) is 5.35. The quantitative estimate of drug-likeness (QED) is 0.719. The van der Waals surface area contributed by atoms with Gasteiger partial charge in [-0.1, -0.05) is 30.3 Å². The average molecular weight is 296 g/mol. The van der Waals surface area contributed by atoms with E-state index in [1.807, 2.05) is 30.3 Å². The van der Waals surface area contributed by atoms with Gasteiger partial charge in [-0.3, -0.25) is 9.69 Å². The largest absolute Gasteiger partial charge is 0.395 e. The van der Waals surface area contributed by atoms with Gasteiger partial charge >= 0.3 is 0 Å². The molecule has 116 valence electrons. The van der Waals surface area contributed by atoms with E-state index in [2.05, 4.69) is 5.32 Å². The predicted molar refractivity (Wildman–Crippen MR) is 76.2 cm³/mol. The summed E-state index contributed by atoms with van der Waals surface area (Å²) in [5.74, 6) is -0.232. The third-order valence-corrected chi connectivity index (χ3v) is 3.90. The van der Waals surface area contributed by atoms with E-state index in [1.165, 1.54) is 6.92 Å². The number of nitrogens with zero attached hydrogens (tertiary/aromatic N) is 1. The Hall–Kier alpha value is -1.50. The van der Waals surface area contributed by atoms with Gasteiger partial charge in [-0.15, -0.1) is 0 Å². The Kier molecular flexibility index (Phi) is 5.27.